The lowest BCUT2D eigenvalue weighted by Gasteiger charge is -2.23. The molecule has 0 aromatic heterocycles. The Kier molecular flexibility index (Phi) is 6.08. The van der Waals surface area contributed by atoms with Crippen molar-refractivity contribution in [1.29, 1.82) is 0 Å². The smallest absolute Gasteiger partial charge is 0.252 e. The van der Waals surface area contributed by atoms with E-state index in [2.05, 4.69) is 10.6 Å². The Labute approximate surface area is 158 Å². The minimum atomic E-state index is -0.839. The molecule has 0 radical (unpaired) electrons. The van der Waals surface area contributed by atoms with Gasteiger partial charge in [0.1, 0.15) is 11.8 Å². The molecule has 2 aromatic rings. The second-order valence-corrected chi connectivity index (χ2v) is 6.66. The van der Waals surface area contributed by atoms with Gasteiger partial charge in [-0.1, -0.05) is 30.3 Å². The van der Waals surface area contributed by atoms with E-state index in [0.717, 1.165) is 12.8 Å². The maximum Gasteiger partial charge on any atom is 0.252 e. The molecule has 1 aliphatic rings. The third-order valence-corrected chi connectivity index (χ3v) is 4.83. The van der Waals surface area contributed by atoms with E-state index in [1.807, 2.05) is 18.2 Å². The summed E-state index contributed by atoms with van der Waals surface area (Å²) in [5.41, 5.74) is 1.12. The molecule has 1 fully saturated rings. The molecule has 2 amide bonds. The highest BCUT2D eigenvalue weighted by molar-refractivity contribution is 5.98. The van der Waals surface area contributed by atoms with E-state index in [4.69, 9.17) is 4.74 Å². The number of benzene rings is 2. The number of carbonyl (C=O) groups is 2. The first-order valence-electron chi connectivity index (χ1n) is 9.07. The number of methoxy groups -OCH3 is 1. The number of hydrogen-bond acceptors (Lipinski definition) is 4. The van der Waals surface area contributed by atoms with E-state index in [1.54, 1.807) is 43.5 Å². The predicted molar refractivity (Wildman–Crippen MR) is 101 cm³/mol. The Morgan fingerprint density at radius 1 is 1.07 bits per heavy atom. The van der Waals surface area contributed by atoms with Crippen LogP contribution in [0, 0.1) is 0 Å². The molecule has 1 saturated carbocycles. The largest absolute Gasteiger partial charge is 0.497 e. The molecule has 0 saturated heterocycles. The first kappa shape index (κ1) is 18.9. The van der Waals surface area contributed by atoms with Crippen LogP contribution in [0.2, 0.25) is 0 Å². The number of nitrogens with one attached hydrogen (secondary N) is 2. The molecule has 1 unspecified atom stereocenters. The number of hydrogen-bond donors (Lipinski definition) is 3. The van der Waals surface area contributed by atoms with Crippen molar-refractivity contribution < 1.29 is 19.4 Å². The normalized spacial score (nSPS) is 19.9. The summed E-state index contributed by atoms with van der Waals surface area (Å²) >= 11 is 0. The van der Waals surface area contributed by atoms with Gasteiger partial charge in [0.25, 0.3) is 5.91 Å². The highest BCUT2D eigenvalue weighted by atomic mass is 16.5. The summed E-state index contributed by atoms with van der Waals surface area (Å²) in [5, 5.41) is 15.7. The highest BCUT2D eigenvalue weighted by Gasteiger charge is 2.30. The fourth-order valence-corrected chi connectivity index (χ4v) is 3.28. The van der Waals surface area contributed by atoms with Crippen molar-refractivity contribution in [3.05, 3.63) is 65.7 Å². The SMILES string of the molecule is COc1ccc(C(=O)NC(C(=O)N[C@H]2CCC[C@H]2O)c2ccccc2)cc1. The molecule has 142 valence electrons. The van der Waals surface area contributed by atoms with Crippen LogP contribution in [0.1, 0.15) is 41.2 Å². The summed E-state index contributed by atoms with van der Waals surface area (Å²) in [4.78, 5) is 25.5. The fourth-order valence-electron chi connectivity index (χ4n) is 3.28. The van der Waals surface area contributed by atoms with E-state index < -0.39 is 12.1 Å². The van der Waals surface area contributed by atoms with Crippen molar-refractivity contribution >= 4 is 11.8 Å². The summed E-state index contributed by atoms with van der Waals surface area (Å²) in [7, 11) is 1.56. The summed E-state index contributed by atoms with van der Waals surface area (Å²) in [6, 6.07) is 14.7. The number of aliphatic hydroxyl groups excluding tert-OH is 1. The monoisotopic (exact) mass is 368 g/mol. The highest BCUT2D eigenvalue weighted by Crippen LogP contribution is 2.21. The van der Waals surface area contributed by atoms with Crippen molar-refractivity contribution in [3.8, 4) is 5.75 Å². The standard InChI is InChI=1S/C21H24N2O4/c1-27-16-12-10-15(11-13-16)20(25)23-19(14-6-3-2-4-7-14)21(26)22-17-8-5-9-18(17)24/h2-4,6-7,10-13,17-19,24H,5,8-9H2,1H3,(H,22,26)(H,23,25)/t17-,18+,19?/m0/s1. The number of ether oxygens (including phenoxy) is 1. The van der Waals surface area contributed by atoms with Gasteiger partial charge < -0.3 is 20.5 Å². The second kappa shape index (κ2) is 8.68. The van der Waals surface area contributed by atoms with E-state index >= 15 is 0 Å². The Morgan fingerprint density at radius 3 is 2.37 bits per heavy atom. The number of amides is 2. The maximum absolute atomic E-state index is 12.9. The molecular weight excluding hydrogens is 344 g/mol. The molecule has 0 aliphatic heterocycles. The molecule has 3 N–H and O–H groups in total. The van der Waals surface area contributed by atoms with Crippen LogP contribution in [0.25, 0.3) is 0 Å². The van der Waals surface area contributed by atoms with Gasteiger partial charge in [0, 0.05) is 5.56 Å². The quantitative estimate of drug-likeness (QED) is 0.729. The zero-order valence-corrected chi connectivity index (χ0v) is 15.2. The van der Waals surface area contributed by atoms with Crippen LogP contribution in [-0.2, 0) is 4.79 Å². The van der Waals surface area contributed by atoms with Crippen LogP contribution in [0.4, 0.5) is 0 Å². The molecular formula is C21H24N2O4. The van der Waals surface area contributed by atoms with Crippen LogP contribution in [0.15, 0.2) is 54.6 Å². The third-order valence-electron chi connectivity index (χ3n) is 4.83. The van der Waals surface area contributed by atoms with Gasteiger partial charge in [0.15, 0.2) is 0 Å². The fraction of sp³-hybridized carbons (Fsp3) is 0.333. The van der Waals surface area contributed by atoms with Crippen LogP contribution in [0.3, 0.4) is 0 Å². The maximum atomic E-state index is 12.9. The molecule has 6 nitrogen and oxygen atoms in total. The predicted octanol–water partition coefficient (Wildman–Crippen LogP) is 2.20. The molecule has 1 aliphatic carbocycles. The third kappa shape index (κ3) is 4.65. The van der Waals surface area contributed by atoms with Crippen molar-refractivity contribution in [3.63, 3.8) is 0 Å². The molecule has 2 aromatic carbocycles. The lowest BCUT2D eigenvalue weighted by Crippen LogP contribution is -2.46. The average molecular weight is 368 g/mol. The minimum Gasteiger partial charge on any atom is -0.497 e. The zero-order chi connectivity index (χ0) is 19.2. The summed E-state index contributed by atoms with van der Waals surface area (Å²) < 4.78 is 5.10. The van der Waals surface area contributed by atoms with Gasteiger partial charge in [-0.05, 0) is 49.1 Å². The summed E-state index contributed by atoms with van der Waals surface area (Å²) in [6.45, 7) is 0. The van der Waals surface area contributed by atoms with Crippen LogP contribution in [-0.4, -0.2) is 36.2 Å². The Balaban J connectivity index is 1.77. The zero-order valence-electron chi connectivity index (χ0n) is 15.2. The second-order valence-electron chi connectivity index (χ2n) is 6.66. The topological polar surface area (TPSA) is 87.7 Å². The van der Waals surface area contributed by atoms with Gasteiger partial charge in [0.05, 0.1) is 19.3 Å². The first-order valence-corrected chi connectivity index (χ1v) is 9.07. The van der Waals surface area contributed by atoms with E-state index in [9.17, 15) is 14.7 Å². The van der Waals surface area contributed by atoms with Gasteiger partial charge in [-0.25, -0.2) is 0 Å². The lowest BCUT2D eigenvalue weighted by atomic mass is 10.0. The lowest BCUT2D eigenvalue weighted by molar-refractivity contribution is -0.124. The molecule has 3 rings (SSSR count). The summed E-state index contributed by atoms with van der Waals surface area (Å²) in [5.74, 6) is -0.0261. The Bertz CT molecular complexity index is 777. The number of aliphatic hydroxyl groups is 1. The average Bonchev–Trinajstić information content (AvgIpc) is 3.11. The van der Waals surface area contributed by atoms with E-state index in [1.165, 1.54) is 0 Å². The number of carbonyl (C=O) groups excluding carboxylic acids is 2. The Hall–Kier alpha value is -2.86. The molecule has 27 heavy (non-hydrogen) atoms. The molecule has 0 spiro atoms. The summed E-state index contributed by atoms with van der Waals surface area (Å²) in [6.07, 6.45) is 1.75. The van der Waals surface area contributed by atoms with Gasteiger partial charge in [-0.2, -0.15) is 0 Å². The van der Waals surface area contributed by atoms with Crippen molar-refractivity contribution in [2.75, 3.05) is 7.11 Å². The molecule has 6 heteroatoms. The molecule has 3 atom stereocenters. The van der Waals surface area contributed by atoms with Crippen molar-refractivity contribution in [2.45, 2.75) is 37.5 Å². The van der Waals surface area contributed by atoms with Gasteiger partial charge in [0.2, 0.25) is 5.91 Å². The Morgan fingerprint density at radius 2 is 1.78 bits per heavy atom. The van der Waals surface area contributed by atoms with Crippen molar-refractivity contribution in [2.24, 2.45) is 0 Å². The number of rotatable bonds is 6. The van der Waals surface area contributed by atoms with E-state index in [-0.39, 0.29) is 17.9 Å². The van der Waals surface area contributed by atoms with Crippen molar-refractivity contribution in [1.82, 2.24) is 10.6 Å². The van der Waals surface area contributed by atoms with Gasteiger partial charge >= 0.3 is 0 Å². The molecule has 0 heterocycles. The van der Waals surface area contributed by atoms with Crippen LogP contribution in [0.5, 0.6) is 5.75 Å². The van der Waals surface area contributed by atoms with Crippen LogP contribution >= 0.6 is 0 Å². The first-order chi connectivity index (χ1) is 13.1. The van der Waals surface area contributed by atoms with E-state index in [0.29, 0.717) is 23.3 Å². The van der Waals surface area contributed by atoms with Gasteiger partial charge in [-0.15, -0.1) is 0 Å². The molecule has 0 bridgehead atoms. The van der Waals surface area contributed by atoms with Gasteiger partial charge in [-0.3, -0.25) is 9.59 Å². The van der Waals surface area contributed by atoms with Crippen LogP contribution < -0.4 is 15.4 Å². The minimum absolute atomic E-state index is 0.276.